The van der Waals surface area contributed by atoms with Crippen molar-refractivity contribution in [2.45, 2.75) is 6.04 Å². The van der Waals surface area contributed by atoms with E-state index in [9.17, 15) is 5.11 Å². The van der Waals surface area contributed by atoms with Gasteiger partial charge in [-0.05, 0) is 12.3 Å². The van der Waals surface area contributed by atoms with Crippen LogP contribution in [0.4, 0.5) is 0 Å². The minimum atomic E-state index is 0.0347. The van der Waals surface area contributed by atoms with Gasteiger partial charge in [0.25, 0.3) is 0 Å². The first-order valence-corrected chi connectivity index (χ1v) is 3.86. The van der Waals surface area contributed by atoms with Gasteiger partial charge in [-0.2, -0.15) is 0 Å². The molecule has 0 spiro atoms. The fourth-order valence-electron chi connectivity index (χ4n) is 1.36. The minimum Gasteiger partial charge on any atom is -0.510 e. The van der Waals surface area contributed by atoms with E-state index in [0.29, 0.717) is 5.03 Å². The van der Waals surface area contributed by atoms with Crippen molar-refractivity contribution in [3.63, 3.8) is 0 Å². The molecule has 2 atom stereocenters. The van der Waals surface area contributed by atoms with E-state index in [1.54, 1.807) is 6.08 Å². The lowest BCUT2D eigenvalue weighted by atomic mass is 9.96. The Bertz CT molecular complexity index is 267. The summed E-state index contributed by atoms with van der Waals surface area (Å²) in [7, 11) is 0. The smallest absolute Gasteiger partial charge is 0.120 e. The Morgan fingerprint density at radius 2 is 2.27 bits per heavy atom. The molecule has 0 aromatic carbocycles. The first-order valence-electron chi connectivity index (χ1n) is 3.48. The molecule has 1 heterocycles. The number of fused-ring (bicyclic) bond motifs is 1. The van der Waals surface area contributed by atoms with Gasteiger partial charge in [0.1, 0.15) is 5.76 Å². The normalized spacial score (nSPS) is 33.9. The molecule has 3 heteroatoms. The number of hydrogen-bond acceptors (Lipinski definition) is 2. The summed E-state index contributed by atoms with van der Waals surface area (Å²) in [4.78, 5) is 0. The Morgan fingerprint density at radius 1 is 1.45 bits per heavy atom. The Labute approximate surface area is 69.9 Å². The summed E-state index contributed by atoms with van der Waals surface area (Å²) in [6.45, 7) is 0. The molecule has 0 radical (unpaired) electrons. The first kappa shape index (κ1) is 6.80. The van der Waals surface area contributed by atoms with Crippen molar-refractivity contribution in [3.05, 3.63) is 35.2 Å². The zero-order chi connectivity index (χ0) is 7.84. The van der Waals surface area contributed by atoms with E-state index >= 15 is 0 Å². The second-order valence-corrected chi connectivity index (χ2v) is 3.08. The Morgan fingerprint density at radius 3 is 3.09 bits per heavy atom. The molecule has 11 heavy (non-hydrogen) atoms. The molecule has 0 saturated heterocycles. The zero-order valence-electron chi connectivity index (χ0n) is 5.79. The summed E-state index contributed by atoms with van der Waals surface area (Å²) in [5, 5.41) is 13.0. The van der Waals surface area contributed by atoms with Crippen LogP contribution in [0.15, 0.2) is 35.2 Å². The van der Waals surface area contributed by atoms with Crippen molar-refractivity contribution in [3.8, 4) is 0 Å². The maximum absolute atomic E-state index is 9.45. The molecule has 2 N–H and O–H groups in total. The molecule has 2 rings (SSSR count). The Kier molecular flexibility index (Phi) is 1.43. The van der Waals surface area contributed by atoms with E-state index in [2.05, 4.69) is 5.32 Å². The van der Waals surface area contributed by atoms with Crippen LogP contribution in [0.1, 0.15) is 0 Å². The Balaban J connectivity index is 2.36. The second kappa shape index (κ2) is 2.31. The number of nitrogens with one attached hydrogen (secondary N) is 1. The van der Waals surface area contributed by atoms with Gasteiger partial charge in [0.15, 0.2) is 0 Å². The highest BCUT2D eigenvalue weighted by Gasteiger charge is 2.27. The lowest BCUT2D eigenvalue weighted by Crippen LogP contribution is -2.27. The summed E-state index contributed by atoms with van der Waals surface area (Å²) < 4.78 is 0. The first-order chi connectivity index (χ1) is 5.29. The fourth-order valence-corrected chi connectivity index (χ4v) is 1.56. The molecule has 2 nitrogen and oxygen atoms in total. The quantitative estimate of drug-likeness (QED) is 0.578. The van der Waals surface area contributed by atoms with E-state index < -0.39 is 0 Å². The van der Waals surface area contributed by atoms with Gasteiger partial charge in [0.2, 0.25) is 0 Å². The predicted molar refractivity (Wildman–Crippen MR) is 44.2 cm³/mol. The highest BCUT2D eigenvalue weighted by atomic mass is 35.5. The van der Waals surface area contributed by atoms with Gasteiger partial charge in [-0.3, -0.25) is 0 Å². The van der Waals surface area contributed by atoms with Crippen molar-refractivity contribution in [2.24, 2.45) is 5.92 Å². The summed E-state index contributed by atoms with van der Waals surface area (Å²) in [6.07, 6.45) is 7.42. The van der Waals surface area contributed by atoms with Crippen molar-refractivity contribution >= 4 is 11.6 Å². The largest absolute Gasteiger partial charge is 0.510 e. The van der Waals surface area contributed by atoms with Crippen LogP contribution in [-0.4, -0.2) is 11.1 Å². The highest BCUT2D eigenvalue weighted by Crippen LogP contribution is 2.29. The second-order valence-electron chi connectivity index (χ2n) is 2.67. The predicted octanol–water partition coefficient (Wildman–Crippen LogP) is 1.67. The van der Waals surface area contributed by atoms with Crippen LogP contribution in [-0.2, 0) is 0 Å². The molecule has 0 aromatic rings. The molecular formula is C8H8ClNO. The van der Waals surface area contributed by atoms with Crippen LogP contribution in [0, 0.1) is 5.92 Å². The molecule has 2 aliphatic rings. The number of allylic oxidation sites excluding steroid dienone is 2. The number of aliphatic hydroxyl groups excluding tert-OH is 1. The van der Waals surface area contributed by atoms with E-state index in [1.165, 1.54) is 0 Å². The van der Waals surface area contributed by atoms with Gasteiger partial charge in [-0.15, -0.1) is 0 Å². The lowest BCUT2D eigenvalue weighted by Gasteiger charge is -2.19. The molecular weight excluding hydrogens is 162 g/mol. The Hall–Kier alpha value is -0.890. The molecule has 0 amide bonds. The van der Waals surface area contributed by atoms with Gasteiger partial charge in [0.05, 0.1) is 17.0 Å². The van der Waals surface area contributed by atoms with Crippen LogP contribution in [0.5, 0.6) is 0 Å². The maximum atomic E-state index is 9.45. The SMILES string of the molecule is OC1=C(Cl)C=CC2NC=CC12. The maximum Gasteiger partial charge on any atom is 0.120 e. The van der Waals surface area contributed by atoms with Crippen molar-refractivity contribution in [1.29, 1.82) is 0 Å². The van der Waals surface area contributed by atoms with Gasteiger partial charge < -0.3 is 10.4 Å². The molecule has 1 aliphatic carbocycles. The van der Waals surface area contributed by atoms with Crippen LogP contribution in [0.2, 0.25) is 0 Å². The highest BCUT2D eigenvalue weighted by molar-refractivity contribution is 6.31. The molecule has 58 valence electrons. The van der Waals surface area contributed by atoms with Gasteiger partial charge in [-0.25, -0.2) is 0 Å². The standard InChI is InChI=1S/C8H8ClNO/c9-6-1-2-7-5(8(6)11)3-4-10-7/h1-5,7,10-11H. The lowest BCUT2D eigenvalue weighted by molar-refractivity contribution is 0.339. The van der Waals surface area contributed by atoms with Crippen LogP contribution in [0.25, 0.3) is 0 Å². The summed E-state index contributed by atoms with van der Waals surface area (Å²) in [6, 6.07) is 0.192. The van der Waals surface area contributed by atoms with Crippen molar-refractivity contribution in [2.75, 3.05) is 0 Å². The molecule has 0 aromatic heterocycles. The molecule has 0 saturated carbocycles. The molecule has 0 bridgehead atoms. The van der Waals surface area contributed by atoms with Crippen LogP contribution >= 0.6 is 11.6 Å². The van der Waals surface area contributed by atoms with E-state index in [4.69, 9.17) is 11.6 Å². The average Bonchev–Trinajstić information content (AvgIpc) is 2.45. The number of rotatable bonds is 0. The van der Waals surface area contributed by atoms with Crippen LogP contribution in [0.3, 0.4) is 0 Å². The van der Waals surface area contributed by atoms with Gasteiger partial charge >= 0.3 is 0 Å². The molecule has 2 unspecified atom stereocenters. The molecule has 0 fully saturated rings. The summed E-state index contributed by atoms with van der Waals surface area (Å²) >= 11 is 5.71. The average molecular weight is 170 g/mol. The van der Waals surface area contributed by atoms with Gasteiger partial charge in [0, 0.05) is 0 Å². The number of aliphatic hydroxyl groups is 1. The van der Waals surface area contributed by atoms with Gasteiger partial charge in [-0.1, -0.05) is 23.8 Å². The third kappa shape index (κ3) is 0.942. The van der Waals surface area contributed by atoms with E-state index in [-0.39, 0.29) is 17.7 Å². The minimum absolute atomic E-state index is 0.0347. The van der Waals surface area contributed by atoms with E-state index in [0.717, 1.165) is 0 Å². The fraction of sp³-hybridized carbons (Fsp3) is 0.250. The summed E-state index contributed by atoms with van der Waals surface area (Å²) in [5.74, 6) is 0.299. The zero-order valence-corrected chi connectivity index (χ0v) is 6.55. The summed E-state index contributed by atoms with van der Waals surface area (Å²) in [5.41, 5.74) is 0. The number of halogens is 1. The number of hydrogen-bond donors (Lipinski definition) is 2. The third-order valence-electron chi connectivity index (χ3n) is 1.99. The van der Waals surface area contributed by atoms with E-state index in [1.807, 2.05) is 18.4 Å². The van der Waals surface area contributed by atoms with Crippen molar-refractivity contribution in [1.82, 2.24) is 5.32 Å². The van der Waals surface area contributed by atoms with Crippen molar-refractivity contribution < 1.29 is 5.11 Å². The third-order valence-corrected chi connectivity index (χ3v) is 2.31. The monoisotopic (exact) mass is 169 g/mol. The van der Waals surface area contributed by atoms with Crippen LogP contribution < -0.4 is 5.32 Å². The molecule has 1 aliphatic heterocycles. The topological polar surface area (TPSA) is 32.3 Å².